The fourth-order valence-electron chi connectivity index (χ4n) is 3.36. The Morgan fingerprint density at radius 2 is 2.05 bits per heavy atom. The maximum atomic E-state index is 12.5. The number of rotatable bonds is 3. The van der Waals surface area contributed by atoms with Crippen molar-refractivity contribution in [3.05, 3.63) is 29.8 Å². The van der Waals surface area contributed by atoms with E-state index in [0.29, 0.717) is 0 Å². The standard InChI is InChI=1S/C16H22N2O2/c19-11-16(8-4-1-5-9-16)18-15(20)14-10-12-6-2-3-7-13(12)17-14/h2-3,6-7,14,17,19H,1,4-5,8-11H2,(H,18,20). The summed E-state index contributed by atoms with van der Waals surface area (Å²) in [6.45, 7) is 0.0401. The minimum absolute atomic E-state index is 0.0113. The molecule has 0 aromatic heterocycles. The number of anilines is 1. The molecule has 1 aliphatic heterocycles. The highest BCUT2D eigenvalue weighted by Crippen LogP contribution is 2.29. The summed E-state index contributed by atoms with van der Waals surface area (Å²) in [6.07, 6.45) is 5.86. The molecule has 4 heteroatoms. The van der Waals surface area contributed by atoms with E-state index in [1.807, 2.05) is 18.2 Å². The van der Waals surface area contributed by atoms with E-state index in [-0.39, 0.29) is 18.6 Å². The third-order valence-corrected chi connectivity index (χ3v) is 4.59. The minimum atomic E-state index is -0.397. The highest BCUT2D eigenvalue weighted by molar-refractivity contribution is 5.88. The fraction of sp³-hybridized carbons (Fsp3) is 0.562. The lowest BCUT2D eigenvalue weighted by Crippen LogP contribution is -2.56. The van der Waals surface area contributed by atoms with Gasteiger partial charge in [-0.25, -0.2) is 0 Å². The normalized spacial score (nSPS) is 23.8. The molecule has 1 saturated carbocycles. The van der Waals surface area contributed by atoms with Gasteiger partial charge in [0, 0.05) is 12.1 Å². The second-order valence-corrected chi connectivity index (χ2v) is 6.05. The topological polar surface area (TPSA) is 61.4 Å². The molecular weight excluding hydrogens is 252 g/mol. The molecule has 1 aliphatic carbocycles. The van der Waals surface area contributed by atoms with Gasteiger partial charge in [-0.05, 0) is 24.5 Å². The van der Waals surface area contributed by atoms with Crippen LogP contribution in [0.1, 0.15) is 37.7 Å². The quantitative estimate of drug-likeness (QED) is 0.788. The van der Waals surface area contributed by atoms with E-state index in [4.69, 9.17) is 0 Å². The number of fused-ring (bicyclic) bond motifs is 1. The van der Waals surface area contributed by atoms with Crippen LogP contribution in [0.3, 0.4) is 0 Å². The van der Waals surface area contributed by atoms with Crippen LogP contribution in [0.15, 0.2) is 24.3 Å². The zero-order valence-corrected chi connectivity index (χ0v) is 11.7. The lowest BCUT2D eigenvalue weighted by Gasteiger charge is -2.37. The number of amides is 1. The molecule has 1 fully saturated rings. The van der Waals surface area contributed by atoms with E-state index < -0.39 is 5.54 Å². The van der Waals surface area contributed by atoms with Crippen molar-refractivity contribution >= 4 is 11.6 Å². The van der Waals surface area contributed by atoms with Crippen LogP contribution in [0, 0.1) is 0 Å². The van der Waals surface area contributed by atoms with Gasteiger partial charge in [-0.15, -0.1) is 0 Å². The van der Waals surface area contributed by atoms with Gasteiger partial charge >= 0.3 is 0 Å². The number of aliphatic hydroxyl groups is 1. The first kappa shape index (κ1) is 13.4. The predicted octanol–water partition coefficient (Wildman–Crippen LogP) is 1.83. The Balaban J connectivity index is 1.66. The number of benzene rings is 1. The Bertz CT molecular complexity index is 470. The number of carbonyl (C=O) groups excluding carboxylic acids is 1. The summed E-state index contributed by atoms with van der Waals surface area (Å²) in [6, 6.07) is 7.82. The molecule has 0 radical (unpaired) electrons. The van der Waals surface area contributed by atoms with Crippen molar-refractivity contribution in [2.24, 2.45) is 0 Å². The van der Waals surface area contributed by atoms with Gasteiger partial charge < -0.3 is 15.7 Å². The van der Waals surface area contributed by atoms with Gasteiger partial charge in [0.25, 0.3) is 0 Å². The Labute approximate surface area is 119 Å². The molecule has 108 valence electrons. The van der Waals surface area contributed by atoms with Gasteiger partial charge in [0.2, 0.25) is 5.91 Å². The molecule has 0 saturated heterocycles. The summed E-state index contributed by atoms with van der Waals surface area (Å²) < 4.78 is 0. The van der Waals surface area contributed by atoms with E-state index in [9.17, 15) is 9.90 Å². The first-order valence-electron chi connectivity index (χ1n) is 7.50. The molecule has 0 bridgehead atoms. The predicted molar refractivity (Wildman–Crippen MR) is 78.6 cm³/mol. The van der Waals surface area contributed by atoms with E-state index in [1.165, 1.54) is 12.0 Å². The van der Waals surface area contributed by atoms with Gasteiger partial charge in [0.1, 0.15) is 6.04 Å². The van der Waals surface area contributed by atoms with Crippen molar-refractivity contribution in [1.29, 1.82) is 0 Å². The first-order valence-corrected chi connectivity index (χ1v) is 7.50. The minimum Gasteiger partial charge on any atom is -0.394 e. The van der Waals surface area contributed by atoms with Crippen molar-refractivity contribution in [1.82, 2.24) is 5.32 Å². The van der Waals surface area contributed by atoms with Crippen LogP contribution in [0.5, 0.6) is 0 Å². The largest absolute Gasteiger partial charge is 0.394 e. The second kappa shape index (κ2) is 5.44. The zero-order valence-electron chi connectivity index (χ0n) is 11.7. The molecular formula is C16H22N2O2. The van der Waals surface area contributed by atoms with E-state index in [2.05, 4.69) is 16.7 Å². The molecule has 0 spiro atoms. The molecule has 3 N–H and O–H groups in total. The third-order valence-electron chi connectivity index (χ3n) is 4.59. The van der Waals surface area contributed by atoms with Gasteiger partial charge in [0.15, 0.2) is 0 Å². The molecule has 1 heterocycles. The van der Waals surface area contributed by atoms with Crippen molar-refractivity contribution in [3.8, 4) is 0 Å². The van der Waals surface area contributed by atoms with Crippen LogP contribution in [0.4, 0.5) is 5.69 Å². The van der Waals surface area contributed by atoms with Crippen LogP contribution >= 0.6 is 0 Å². The van der Waals surface area contributed by atoms with Crippen LogP contribution < -0.4 is 10.6 Å². The maximum Gasteiger partial charge on any atom is 0.243 e. The van der Waals surface area contributed by atoms with Crippen LogP contribution in [-0.4, -0.2) is 29.2 Å². The van der Waals surface area contributed by atoms with Crippen molar-refractivity contribution in [3.63, 3.8) is 0 Å². The summed E-state index contributed by atoms with van der Waals surface area (Å²) in [5.41, 5.74) is 1.84. The SMILES string of the molecule is O=C(NC1(CO)CCCCC1)C1Cc2ccccc2N1. The van der Waals surface area contributed by atoms with Gasteiger partial charge in [-0.2, -0.15) is 0 Å². The van der Waals surface area contributed by atoms with Crippen LogP contribution in [0.25, 0.3) is 0 Å². The van der Waals surface area contributed by atoms with E-state index >= 15 is 0 Å². The van der Waals surface area contributed by atoms with E-state index in [1.54, 1.807) is 0 Å². The molecule has 4 nitrogen and oxygen atoms in total. The molecule has 2 aliphatic rings. The van der Waals surface area contributed by atoms with Gasteiger partial charge in [-0.1, -0.05) is 37.5 Å². The average molecular weight is 274 g/mol. The lowest BCUT2D eigenvalue weighted by atomic mass is 9.82. The maximum absolute atomic E-state index is 12.5. The molecule has 1 aromatic rings. The fourth-order valence-corrected chi connectivity index (χ4v) is 3.36. The lowest BCUT2D eigenvalue weighted by molar-refractivity contribution is -0.124. The average Bonchev–Trinajstić information content (AvgIpc) is 2.92. The summed E-state index contributed by atoms with van der Waals surface area (Å²) in [7, 11) is 0. The van der Waals surface area contributed by atoms with Crippen molar-refractivity contribution in [2.45, 2.75) is 50.1 Å². The number of carbonyl (C=O) groups is 1. The number of para-hydroxylation sites is 1. The molecule has 1 atom stereocenters. The Kier molecular flexibility index (Phi) is 3.66. The highest BCUT2D eigenvalue weighted by atomic mass is 16.3. The van der Waals surface area contributed by atoms with Gasteiger partial charge in [0.05, 0.1) is 12.1 Å². The van der Waals surface area contributed by atoms with Crippen LogP contribution in [-0.2, 0) is 11.2 Å². The summed E-state index contributed by atoms with van der Waals surface area (Å²) in [4.78, 5) is 12.5. The van der Waals surface area contributed by atoms with Crippen molar-refractivity contribution in [2.75, 3.05) is 11.9 Å². The third kappa shape index (κ3) is 2.52. The summed E-state index contributed by atoms with van der Waals surface area (Å²) in [5.74, 6) is 0.0113. The zero-order chi connectivity index (χ0) is 14.0. The molecule has 3 rings (SSSR count). The van der Waals surface area contributed by atoms with E-state index in [0.717, 1.165) is 37.8 Å². The summed E-state index contributed by atoms with van der Waals surface area (Å²) in [5, 5.41) is 16.1. The second-order valence-electron chi connectivity index (χ2n) is 6.05. The van der Waals surface area contributed by atoms with Crippen LogP contribution in [0.2, 0.25) is 0 Å². The monoisotopic (exact) mass is 274 g/mol. The molecule has 20 heavy (non-hydrogen) atoms. The Morgan fingerprint density at radius 3 is 2.75 bits per heavy atom. The molecule has 1 unspecified atom stereocenters. The Morgan fingerprint density at radius 1 is 1.30 bits per heavy atom. The first-order chi connectivity index (χ1) is 9.72. The highest BCUT2D eigenvalue weighted by Gasteiger charge is 2.36. The molecule has 1 aromatic carbocycles. The smallest absolute Gasteiger partial charge is 0.243 e. The molecule has 1 amide bonds. The number of hydrogen-bond acceptors (Lipinski definition) is 3. The van der Waals surface area contributed by atoms with Gasteiger partial charge in [-0.3, -0.25) is 4.79 Å². The number of aliphatic hydroxyl groups excluding tert-OH is 1. The number of hydrogen-bond donors (Lipinski definition) is 3. The summed E-state index contributed by atoms with van der Waals surface area (Å²) >= 11 is 0. The van der Waals surface area contributed by atoms with Crippen molar-refractivity contribution < 1.29 is 9.90 Å². The Hall–Kier alpha value is -1.55. The number of nitrogens with one attached hydrogen (secondary N) is 2.